The van der Waals surface area contributed by atoms with Crippen LogP contribution in [0.5, 0.6) is 5.88 Å². The van der Waals surface area contributed by atoms with Gasteiger partial charge in [0.1, 0.15) is 12.4 Å². The van der Waals surface area contributed by atoms with E-state index in [4.69, 9.17) is 10.00 Å². The van der Waals surface area contributed by atoms with Crippen molar-refractivity contribution in [3.8, 4) is 11.9 Å². The molecule has 1 saturated heterocycles. The highest BCUT2D eigenvalue weighted by Crippen LogP contribution is 2.35. The fourth-order valence-corrected chi connectivity index (χ4v) is 3.92. The van der Waals surface area contributed by atoms with Crippen molar-refractivity contribution in [2.75, 3.05) is 18.0 Å². The van der Waals surface area contributed by atoms with Crippen molar-refractivity contribution >= 4 is 17.7 Å². The Morgan fingerprint density at radius 3 is 2.66 bits per heavy atom. The van der Waals surface area contributed by atoms with Gasteiger partial charge in [-0.15, -0.1) is 0 Å². The molecule has 1 fully saturated rings. The molecule has 5 nitrogen and oxygen atoms in total. The summed E-state index contributed by atoms with van der Waals surface area (Å²) in [5, 5.41) is 8.97. The van der Waals surface area contributed by atoms with Gasteiger partial charge in [-0.25, -0.2) is 9.37 Å². The van der Waals surface area contributed by atoms with Gasteiger partial charge in [-0.05, 0) is 54.8 Å². The third kappa shape index (κ3) is 4.84. The highest BCUT2D eigenvalue weighted by Gasteiger charge is 2.18. The summed E-state index contributed by atoms with van der Waals surface area (Å²) in [6.45, 7) is 2.09. The Balaban J connectivity index is 1.58. The minimum absolute atomic E-state index is 0.217. The van der Waals surface area contributed by atoms with Crippen LogP contribution in [-0.2, 0) is 6.61 Å². The van der Waals surface area contributed by atoms with E-state index >= 15 is 0 Å². The minimum Gasteiger partial charge on any atom is -0.472 e. The van der Waals surface area contributed by atoms with Gasteiger partial charge < -0.3 is 9.64 Å². The lowest BCUT2D eigenvalue weighted by Crippen LogP contribution is -2.20. The molecule has 0 bridgehead atoms. The number of hydrogen-bond donors (Lipinski definition) is 0. The van der Waals surface area contributed by atoms with E-state index in [9.17, 15) is 4.39 Å². The molecule has 0 spiro atoms. The van der Waals surface area contributed by atoms with Crippen molar-refractivity contribution in [3.05, 3.63) is 71.7 Å². The molecule has 0 saturated carbocycles. The third-order valence-corrected chi connectivity index (χ3v) is 5.58. The third-order valence-electron chi connectivity index (χ3n) is 4.57. The van der Waals surface area contributed by atoms with E-state index < -0.39 is 0 Å². The first-order valence-electron chi connectivity index (χ1n) is 9.38. The molecule has 0 aliphatic carbocycles. The van der Waals surface area contributed by atoms with Gasteiger partial charge >= 0.3 is 0 Å². The molecule has 29 heavy (non-hydrogen) atoms. The molecule has 0 radical (unpaired) electrons. The first kappa shape index (κ1) is 19.2. The Bertz CT molecular complexity index is 1030. The highest BCUT2D eigenvalue weighted by atomic mass is 32.2. The normalized spacial score (nSPS) is 13.3. The predicted octanol–water partition coefficient (Wildman–Crippen LogP) is 4.82. The summed E-state index contributed by atoms with van der Waals surface area (Å²) >= 11 is 1.47. The molecule has 0 atom stereocenters. The van der Waals surface area contributed by atoms with E-state index in [2.05, 4.69) is 20.9 Å². The van der Waals surface area contributed by atoms with Crippen LogP contribution in [0, 0.1) is 17.1 Å². The fourth-order valence-electron chi connectivity index (χ4n) is 3.09. The first-order chi connectivity index (χ1) is 14.2. The fraction of sp³-hybridized carbons (Fsp3) is 0.227. The Morgan fingerprint density at radius 2 is 1.93 bits per heavy atom. The van der Waals surface area contributed by atoms with Crippen molar-refractivity contribution in [1.82, 2.24) is 9.97 Å². The summed E-state index contributed by atoms with van der Waals surface area (Å²) in [5.41, 5.74) is 1.35. The van der Waals surface area contributed by atoms with E-state index in [0.717, 1.165) is 41.3 Å². The average molecular weight is 406 g/mol. The number of ether oxygens (including phenoxy) is 1. The molecule has 4 rings (SSSR count). The smallest absolute Gasteiger partial charge is 0.232 e. The van der Waals surface area contributed by atoms with E-state index in [1.165, 1.54) is 23.9 Å². The molecule has 1 aliphatic rings. The molecule has 3 aromatic rings. The van der Waals surface area contributed by atoms with Crippen LogP contribution in [0.1, 0.15) is 24.0 Å². The maximum absolute atomic E-state index is 13.5. The molecular formula is C22H19FN4OS. The first-order valence-corrected chi connectivity index (χ1v) is 10.2. The van der Waals surface area contributed by atoms with Gasteiger partial charge in [0.15, 0.2) is 0 Å². The van der Waals surface area contributed by atoms with Gasteiger partial charge in [-0.3, -0.25) is 0 Å². The lowest BCUT2D eigenvalue weighted by atomic mass is 10.2. The van der Waals surface area contributed by atoms with Gasteiger partial charge in [0.25, 0.3) is 0 Å². The van der Waals surface area contributed by atoms with Gasteiger partial charge in [0, 0.05) is 18.0 Å². The zero-order valence-electron chi connectivity index (χ0n) is 15.7. The summed E-state index contributed by atoms with van der Waals surface area (Å²) in [4.78, 5) is 13.0. The van der Waals surface area contributed by atoms with E-state index in [0.29, 0.717) is 17.4 Å². The second kappa shape index (κ2) is 8.93. The van der Waals surface area contributed by atoms with Crippen molar-refractivity contribution in [1.29, 1.82) is 5.26 Å². The average Bonchev–Trinajstić information content (AvgIpc) is 3.28. The standard InChI is InChI=1S/C22H19FN4OS/c23-18-5-3-4-17(12-18)15-28-21-20(29-19-8-6-16(13-24)7-9-19)14-25-22(26-21)27-10-1-2-11-27/h3-9,12,14H,1-2,10-11,15H2. The maximum atomic E-state index is 13.5. The Kier molecular flexibility index (Phi) is 5.92. The van der Waals surface area contributed by atoms with Crippen molar-refractivity contribution in [2.45, 2.75) is 29.2 Å². The van der Waals surface area contributed by atoms with Crippen LogP contribution >= 0.6 is 11.8 Å². The highest BCUT2D eigenvalue weighted by molar-refractivity contribution is 7.99. The Morgan fingerprint density at radius 1 is 1.14 bits per heavy atom. The molecule has 146 valence electrons. The summed E-state index contributed by atoms with van der Waals surface area (Å²) in [5.74, 6) is 0.833. The summed E-state index contributed by atoms with van der Waals surface area (Å²) < 4.78 is 19.5. The van der Waals surface area contributed by atoms with Crippen LogP contribution in [0.3, 0.4) is 0 Å². The SMILES string of the molecule is N#Cc1ccc(Sc2cnc(N3CCCC3)nc2OCc2cccc(F)c2)cc1. The van der Waals surface area contributed by atoms with E-state index in [-0.39, 0.29) is 12.4 Å². The quantitative estimate of drug-likeness (QED) is 0.585. The molecule has 0 unspecified atom stereocenters. The van der Waals surface area contributed by atoms with E-state index in [1.807, 2.05) is 18.2 Å². The Labute approximate surface area is 173 Å². The zero-order valence-corrected chi connectivity index (χ0v) is 16.5. The van der Waals surface area contributed by atoms with Crippen LogP contribution in [-0.4, -0.2) is 23.1 Å². The van der Waals surface area contributed by atoms with Crippen LogP contribution in [0.25, 0.3) is 0 Å². The number of benzene rings is 2. The number of aromatic nitrogens is 2. The van der Waals surface area contributed by atoms with Crippen LogP contribution in [0.2, 0.25) is 0 Å². The molecule has 0 amide bonds. The lowest BCUT2D eigenvalue weighted by Gasteiger charge is -2.17. The van der Waals surface area contributed by atoms with Gasteiger partial charge in [-0.2, -0.15) is 10.2 Å². The number of hydrogen-bond acceptors (Lipinski definition) is 6. The minimum atomic E-state index is -0.293. The Hall–Kier alpha value is -3.11. The van der Waals surface area contributed by atoms with E-state index in [1.54, 1.807) is 24.4 Å². The van der Waals surface area contributed by atoms with Crippen molar-refractivity contribution < 1.29 is 9.13 Å². The summed E-state index contributed by atoms with van der Waals surface area (Å²) in [6, 6.07) is 15.8. The number of rotatable bonds is 6. The molecule has 1 aliphatic heterocycles. The monoisotopic (exact) mass is 406 g/mol. The lowest BCUT2D eigenvalue weighted by molar-refractivity contribution is 0.285. The number of nitrogens with zero attached hydrogens (tertiary/aromatic N) is 4. The molecule has 0 N–H and O–H groups in total. The second-order valence-electron chi connectivity index (χ2n) is 6.69. The number of halogens is 1. The second-order valence-corrected chi connectivity index (χ2v) is 7.81. The number of nitriles is 1. The summed E-state index contributed by atoms with van der Waals surface area (Å²) in [7, 11) is 0. The van der Waals surface area contributed by atoms with Gasteiger partial charge in [0.05, 0.1) is 22.7 Å². The zero-order chi connectivity index (χ0) is 20.1. The molecule has 7 heteroatoms. The molecule has 1 aromatic heterocycles. The number of anilines is 1. The maximum Gasteiger partial charge on any atom is 0.232 e. The van der Waals surface area contributed by atoms with Gasteiger partial charge in [-0.1, -0.05) is 23.9 Å². The summed E-state index contributed by atoms with van der Waals surface area (Å²) in [6.07, 6.45) is 4.03. The topological polar surface area (TPSA) is 62.0 Å². The van der Waals surface area contributed by atoms with Crippen LogP contribution in [0.4, 0.5) is 10.3 Å². The largest absolute Gasteiger partial charge is 0.472 e. The van der Waals surface area contributed by atoms with Gasteiger partial charge in [0.2, 0.25) is 11.8 Å². The predicted molar refractivity (Wildman–Crippen MR) is 109 cm³/mol. The molecule has 2 heterocycles. The van der Waals surface area contributed by atoms with Crippen molar-refractivity contribution in [3.63, 3.8) is 0 Å². The molecular weight excluding hydrogens is 387 g/mol. The van der Waals surface area contributed by atoms with Crippen LogP contribution < -0.4 is 9.64 Å². The van der Waals surface area contributed by atoms with Crippen molar-refractivity contribution in [2.24, 2.45) is 0 Å². The van der Waals surface area contributed by atoms with Crippen LogP contribution in [0.15, 0.2) is 64.5 Å². The molecule has 2 aromatic carbocycles.